The molecule has 0 aliphatic heterocycles. The molecule has 1 aromatic carbocycles. The van der Waals surface area contributed by atoms with Crippen molar-refractivity contribution in [2.75, 3.05) is 5.32 Å². The lowest BCUT2D eigenvalue weighted by Crippen LogP contribution is -2.21. The van der Waals surface area contributed by atoms with Crippen LogP contribution in [0, 0.1) is 0 Å². The number of benzene rings is 1. The zero-order chi connectivity index (χ0) is 8.97. The van der Waals surface area contributed by atoms with Crippen molar-refractivity contribution >= 4 is 22.5 Å². The second-order valence-electron chi connectivity index (χ2n) is 2.54. The smallest absolute Gasteiger partial charge is 0.243 e. The van der Waals surface area contributed by atoms with Crippen LogP contribution in [0.25, 0.3) is 0 Å². The standard InChI is InChI=1S/C9H10ClNO/c1-7(9(10)12)11-8-5-3-2-4-6-8/h2-7,11H,1H3. The van der Waals surface area contributed by atoms with Crippen LogP contribution in [0.3, 0.4) is 0 Å². The Balaban J connectivity index is 2.58. The molecule has 0 aliphatic rings. The van der Waals surface area contributed by atoms with Gasteiger partial charge in [-0.1, -0.05) is 18.2 Å². The van der Waals surface area contributed by atoms with Crippen molar-refractivity contribution in [3.63, 3.8) is 0 Å². The first-order chi connectivity index (χ1) is 5.70. The highest BCUT2D eigenvalue weighted by molar-refractivity contribution is 6.65. The van der Waals surface area contributed by atoms with Crippen molar-refractivity contribution in [2.45, 2.75) is 13.0 Å². The average Bonchev–Trinajstić information content (AvgIpc) is 2.06. The van der Waals surface area contributed by atoms with E-state index in [4.69, 9.17) is 11.6 Å². The van der Waals surface area contributed by atoms with Crippen molar-refractivity contribution in [1.82, 2.24) is 0 Å². The topological polar surface area (TPSA) is 29.1 Å². The summed E-state index contributed by atoms with van der Waals surface area (Å²) < 4.78 is 0. The molecule has 0 heterocycles. The number of nitrogens with one attached hydrogen (secondary N) is 1. The molecule has 0 radical (unpaired) electrons. The molecule has 0 amide bonds. The van der Waals surface area contributed by atoms with Gasteiger partial charge in [0, 0.05) is 5.69 Å². The molecule has 12 heavy (non-hydrogen) atoms. The molecule has 0 bridgehead atoms. The van der Waals surface area contributed by atoms with E-state index in [9.17, 15) is 4.79 Å². The van der Waals surface area contributed by atoms with E-state index >= 15 is 0 Å². The molecule has 0 spiro atoms. The van der Waals surface area contributed by atoms with Crippen LogP contribution in [0.1, 0.15) is 6.92 Å². The number of carbonyl (C=O) groups is 1. The fourth-order valence-electron chi connectivity index (χ4n) is 0.841. The Morgan fingerprint density at radius 3 is 2.50 bits per heavy atom. The van der Waals surface area contributed by atoms with Crippen molar-refractivity contribution < 1.29 is 4.79 Å². The predicted molar refractivity (Wildman–Crippen MR) is 50.4 cm³/mol. The lowest BCUT2D eigenvalue weighted by molar-refractivity contribution is -0.112. The lowest BCUT2D eigenvalue weighted by atomic mass is 10.3. The molecule has 64 valence electrons. The predicted octanol–water partition coefficient (Wildman–Crippen LogP) is 2.25. The van der Waals surface area contributed by atoms with E-state index in [0.717, 1.165) is 5.69 Å². The fraction of sp³-hybridized carbons (Fsp3) is 0.222. The van der Waals surface area contributed by atoms with Crippen LogP contribution in [-0.4, -0.2) is 11.3 Å². The summed E-state index contributed by atoms with van der Waals surface area (Å²) in [7, 11) is 0. The zero-order valence-corrected chi connectivity index (χ0v) is 7.51. The van der Waals surface area contributed by atoms with Crippen LogP contribution in [0.15, 0.2) is 30.3 Å². The molecule has 1 unspecified atom stereocenters. The van der Waals surface area contributed by atoms with Crippen LogP contribution in [0.4, 0.5) is 5.69 Å². The van der Waals surface area contributed by atoms with Crippen molar-refractivity contribution in [2.24, 2.45) is 0 Å². The maximum absolute atomic E-state index is 10.7. The molecular weight excluding hydrogens is 174 g/mol. The van der Waals surface area contributed by atoms with Crippen LogP contribution in [-0.2, 0) is 4.79 Å². The van der Waals surface area contributed by atoms with E-state index in [2.05, 4.69) is 5.32 Å². The summed E-state index contributed by atoms with van der Waals surface area (Å²) in [6, 6.07) is 9.14. The van der Waals surface area contributed by atoms with Gasteiger partial charge in [-0.2, -0.15) is 0 Å². The van der Waals surface area contributed by atoms with E-state index in [1.807, 2.05) is 30.3 Å². The van der Waals surface area contributed by atoms with E-state index in [1.165, 1.54) is 0 Å². The molecule has 2 nitrogen and oxygen atoms in total. The minimum absolute atomic E-state index is 0.339. The van der Waals surface area contributed by atoms with Gasteiger partial charge in [0.2, 0.25) is 5.24 Å². The highest BCUT2D eigenvalue weighted by Gasteiger charge is 2.07. The highest BCUT2D eigenvalue weighted by atomic mass is 35.5. The molecule has 0 aliphatic carbocycles. The maximum Gasteiger partial charge on any atom is 0.243 e. The largest absolute Gasteiger partial charge is 0.374 e. The summed E-state index contributed by atoms with van der Waals surface area (Å²) in [5.74, 6) is 0. The molecule has 0 saturated carbocycles. The number of para-hydroxylation sites is 1. The summed E-state index contributed by atoms with van der Waals surface area (Å²) in [6.07, 6.45) is 0. The summed E-state index contributed by atoms with van der Waals surface area (Å²) in [6.45, 7) is 1.72. The van der Waals surface area contributed by atoms with Crippen molar-refractivity contribution in [3.05, 3.63) is 30.3 Å². The number of hydrogen-bond acceptors (Lipinski definition) is 2. The van der Waals surface area contributed by atoms with Crippen molar-refractivity contribution in [1.29, 1.82) is 0 Å². The molecule has 1 atom stereocenters. The maximum atomic E-state index is 10.7. The lowest BCUT2D eigenvalue weighted by Gasteiger charge is -2.09. The minimum Gasteiger partial charge on any atom is -0.374 e. The normalized spacial score (nSPS) is 12.2. The highest BCUT2D eigenvalue weighted by Crippen LogP contribution is 2.07. The van der Waals surface area contributed by atoms with Crippen molar-refractivity contribution in [3.8, 4) is 0 Å². The van der Waals surface area contributed by atoms with Crippen LogP contribution >= 0.6 is 11.6 Å². The van der Waals surface area contributed by atoms with Gasteiger partial charge >= 0.3 is 0 Å². The summed E-state index contributed by atoms with van der Waals surface area (Å²) >= 11 is 5.28. The SMILES string of the molecule is CC(Nc1ccccc1)C(=O)Cl. The van der Waals surface area contributed by atoms with Gasteiger partial charge < -0.3 is 5.32 Å². The van der Waals surface area contributed by atoms with Crippen LogP contribution in [0.5, 0.6) is 0 Å². The monoisotopic (exact) mass is 183 g/mol. The number of rotatable bonds is 3. The Morgan fingerprint density at radius 1 is 1.42 bits per heavy atom. The number of carbonyl (C=O) groups excluding carboxylic acids is 1. The Hall–Kier alpha value is -1.02. The molecule has 1 N–H and O–H groups in total. The van der Waals surface area contributed by atoms with Gasteiger partial charge in [0.05, 0.1) is 6.04 Å². The Morgan fingerprint density at radius 2 is 2.00 bits per heavy atom. The molecule has 0 aromatic heterocycles. The number of anilines is 1. The first-order valence-electron chi connectivity index (χ1n) is 3.71. The van der Waals surface area contributed by atoms with Gasteiger partial charge in [0.15, 0.2) is 0 Å². The fourth-order valence-corrected chi connectivity index (χ4v) is 0.896. The first kappa shape index (κ1) is 9.07. The van der Waals surface area contributed by atoms with E-state index in [0.29, 0.717) is 0 Å². The van der Waals surface area contributed by atoms with E-state index in [1.54, 1.807) is 6.92 Å². The van der Waals surface area contributed by atoms with E-state index in [-0.39, 0.29) is 11.3 Å². The molecule has 0 saturated heterocycles. The van der Waals surface area contributed by atoms with Gasteiger partial charge in [0.1, 0.15) is 0 Å². The van der Waals surface area contributed by atoms with Crippen LogP contribution in [0.2, 0.25) is 0 Å². The second-order valence-corrected chi connectivity index (χ2v) is 2.91. The van der Waals surface area contributed by atoms with Gasteiger partial charge in [-0.15, -0.1) is 0 Å². The Labute approximate surface area is 76.5 Å². The molecule has 1 rings (SSSR count). The first-order valence-corrected chi connectivity index (χ1v) is 4.09. The third-order valence-electron chi connectivity index (χ3n) is 1.50. The molecule has 3 heteroatoms. The number of halogens is 1. The second kappa shape index (κ2) is 4.12. The summed E-state index contributed by atoms with van der Waals surface area (Å²) in [5, 5.41) is 2.58. The third kappa shape index (κ3) is 2.55. The van der Waals surface area contributed by atoms with Gasteiger partial charge in [-0.3, -0.25) is 4.79 Å². The van der Waals surface area contributed by atoms with Crippen LogP contribution < -0.4 is 5.32 Å². The Bertz CT molecular complexity index is 260. The third-order valence-corrected chi connectivity index (χ3v) is 1.82. The quantitative estimate of drug-likeness (QED) is 0.729. The Kier molecular flexibility index (Phi) is 3.11. The molecular formula is C9H10ClNO. The van der Waals surface area contributed by atoms with Gasteiger partial charge in [-0.05, 0) is 30.7 Å². The summed E-state index contributed by atoms with van der Waals surface area (Å²) in [5.41, 5.74) is 0.902. The van der Waals surface area contributed by atoms with E-state index < -0.39 is 0 Å². The minimum atomic E-state index is -0.376. The molecule has 0 fully saturated rings. The average molecular weight is 184 g/mol. The molecule has 1 aromatic rings. The zero-order valence-electron chi connectivity index (χ0n) is 6.75. The summed E-state index contributed by atoms with van der Waals surface area (Å²) in [4.78, 5) is 10.7. The van der Waals surface area contributed by atoms with Gasteiger partial charge in [-0.25, -0.2) is 0 Å². The van der Waals surface area contributed by atoms with Gasteiger partial charge in [0.25, 0.3) is 0 Å². The number of hydrogen-bond donors (Lipinski definition) is 1.